The smallest absolute Gasteiger partial charge is 0.326 e. The van der Waals surface area contributed by atoms with Gasteiger partial charge in [-0.15, -0.1) is 11.3 Å². The number of esters is 1. The van der Waals surface area contributed by atoms with E-state index >= 15 is 0 Å². The number of aromatic nitrogens is 2. The number of nitrogens with zero attached hydrogens (tertiary/aromatic N) is 2. The van der Waals surface area contributed by atoms with Crippen LogP contribution in [0.15, 0.2) is 35.4 Å². The van der Waals surface area contributed by atoms with E-state index in [9.17, 15) is 9.59 Å². The van der Waals surface area contributed by atoms with Gasteiger partial charge in [-0.2, -0.15) is 0 Å². The number of fused-ring (bicyclic) bond motifs is 1. The first kappa shape index (κ1) is 19.6. The second-order valence-electron chi connectivity index (χ2n) is 6.33. The summed E-state index contributed by atoms with van der Waals surface area (Å²) >= 11 is 7.44. The van der Waals surface area contributed by atoms with Crippen molar-refractivity contribution in [2.75, 3.05) is 6.61 Å². The lowest BCUT2D eigenvalue weighted by Crippen LogP contribution is -2.25. The van der Waals surface area contributed by atoms with E-state index in [1.165, 1.54) is 22.2 Å². The number of hydrogen-bond acceptors (Lipinski definition) is 5. The first-order valence-electron chi connectivity index (χ1n) is 8.91. The van der Waals surface area contributed by atoms with Gasteiger partial charge in [0.25, 0.3) is 5.56 Å². The average molecular weight is 405 g/mol. The molecule has 0 fully saturated rings. The number of carbonyl (C=O) groups excluding carboxylic acids is 1. The summed E-state index contributed by atoms with van der Waals surface area (Å²) in [6.45, 7) is 4.29. The van der Waals surface area contributed by atoms with Crippen LogP contribution in [-0.2, 0) is 16.1 Å². The largest absolute Gasteiger partial charge is 0.464 e. The maximum atomic E-state index is 13.0. The number of thiophene rings is 1. The number of rotatable bonds is 7. The summed E-state index contributed by atoms with van der Waals surface area (Å²) in [5.74, 6) is -0.422. The molecule has 2 heterocycles. The van der Waals surface area contributed by atoms with Crippen LogP contribution in [0, 0.1) is 6.92 Å². The third-order valence-corrected chi connectivity index (χ3v) is 5.56. The lowest BCUT2D eigenvalue weighted by molar-refractivity contribution is -0.144. The fourth-order valence-electron chi connectivity index (χ4n) is 2.94. The Balaban J connectivity index is 1.92. The van der Waals surface area contributed by atoms with Gasteiger partial charge >= 0.3 is 5.97 Å². The molecule has 0 aliphatic rings. The van der Waals surface area contributed by atoms with Crippen LogP contribution >= 0.6 is 22.9 Å². The van der Waals surface area contributed by atoms with E-state index in [2.05, 4.69) is 11.9 Å². The zero-order valence-electron chi connectivity index (χ0n) is 15.3. The van der Waals surface area contributed by atoms with Gasteiger partial charge < -0.3 is 4.74 Å². The molecule has 0 aliphatic heterocycles. The molecule has 0 bridgehead atoms. The first-order chi connectivity index (χ1) is 13.0. The van der Waals surface area contributed by atoms with Crippen LogP contribution in [0.3, 0.4) is 0 Å². The van der Waals surface area contributed by atoms with E-state index < -0.39 is 5.97 Å². The predicted molar refractivity (Wildman–Crippen MR) is 110 cm³/mol. The minimum absolute atomic E-state index is 0.136. The Bertz CT molecular complexity index is 1010. The second kappa shape index (κ2) is 8.67. The summed E-state index contributed by atoms with van der Waals surface area (Å²) in [7, 11) is 0. The Labute approximate surface area is 166 Å². The molecule has 0 radical (unpaired) electrons. The normalized spacial score (nSPS) is 11.1. The fraction of sp³-hybridized carbons (Fsp3) is 0.350. The molecular weight excluding hydrogens is 384 g/mol. The monoisotopic (exact) mass is 404 g/mol. The van der Waals surface area contributed by atoms with Crippen LogP contribution in [0.4, 0.5) is 0 Å². The molecule has 2 aromatic heterocycles. The number of aryl methyl sites for hydroxylation is 1. The molecule has 0 aliphatic carbocycles. The Kier molecular flexibility index (Phi) is 6.29. The zero-order valence-corrected chi connectivity index (χ0v) is 16.9. The maximum Gasteiger partial charge on any atom is 0.326 e. The lowest BCUT2D eigenvalue weighted by atomic mass is 10.0. The van der Waals surface area contributed by atoms with Gasteiger partial charge in [0.05, 0.1) is 18.3 Å². The molecule has 0 amide bonds. The van der Waals surface area contributed by atoms with Gasteiger partial charge in [0.1, 0.15) is 11.4 Å². The van der Waals surface area contributed by atoms with Gasteiger partial charge in [0.15, 0.2) is 0 Å². The lowest BCUT2D eigenvalue weighted by Gasteiger charge is -2.07. The van der Waals surface area contributed by atoms with E-state index in [4.69, 9.17) is 16.3 Å². The molecule has 0 spiro atoms. The number of carbonyl (C=O) groups is 1. The minimum Gasteiger partial charge on any atom is -0.464 e. The van der Waals surface area contributed by atoms with Crippen molar-refractivity contribution < 1.29 is 9.53 Å². The summed E-state index contributed by atoms with van der Waals surface area (Å²) in [4.78, 5) is 31.1. The third-order valence-electron chi connectivity index (χ3n) is 4.30. The Morgan fingerprint density at radius 2 is 2.00 bits per heavy atom. The highest BCUT2D eigenvalue weighted by Crippen LogP contribution is 2.35. The molecule has 0 saturated heterocycles. The number of benzene rings is 1. The van der Waals surface area contributed by atoms with E-state index in [0.29, 0.717) is 21.8 Å². The van der Waals surface area contributed by atoms with Gasteiger partial charge in [-0.1, -0.05) is 43.5 Å². The summed E-state index contributed by atoms with van der Waals surface area (Å²) in [5, 5.41) is 1.17. The molecule has 142 valence electrons. The molecule has 5 nitrogen and oxygen atoms in total. The number of halogens is 1. The Morgan fingerprint density at radius 3 is 2.70 bits per heavy atom. The molecule has 0 atom stereocenters. The van der Waals surface area contributed by atoms with Crippen molar-refractivity contribution in [1.82, 2.24) is 9.55 Å². The van der Waals surface area contributed by atoms with Gasteiger partial charge in [0.2, 0.25) is 0 Å². The Hall–Kier alpha value is -2.18. The molecular formula is C20H21ClN2O3S. The van der Waals surface area contributed by atoms with Crippen molar-refractivity contribution in [1.29, 1.82) is 0 Å². The summed E-state index contributed by atoms with van der Waals surface area (Å²) in [6.07, 6.45) is 4.32. The predicted octanol–water partition coefficient (Wildman–Crippen LogP) is 4.82. The van der Waals surface area contributed by atoms with Crippen molar-refractivity contribution in [2.45, 2.75) is 39.7 Å². The van der Waals surface area contributed by atoms with Crippen LogP contribution in [0.1, 0.15) is 31.1 Å². The highest BCUT2D eigenvalue weighted by molar-refractivity contribution is 7.19. The van der Waals surface area contributed by atoms with Crippen molar-refractivity contribution in [3.63, 3.8) is 0 Å². The SMILES string of the molecule is CCCCCOC(=O)Cn1cnc2sc(C)c(-c3ccc(Cl)cc3)c2c1=O. The quantitative estimate of drug-likeness (QED) is 0.418. The van der Waals surface area contributed by atoms with Crippen molar-refractivity contribution in [3.05, 3.63) is 50.8 Å². The second-order valence-corrected chi connectivity index (χ2v) is 7.97. The highest BCUT2D eigenvalue weighted by atomic mass is 35.5. The van der Waals surface area contributed by atoms with Gasteiger partial charge in [-0.3, -0.25) is 14.2 Å². The number of hydrogen-bond donors (Lipinski definition) is 0. The highest BCUT2D eigenvalue weighted by Gasteiger charge is 2.18. The van der Waals surface area contributed by atoms with Crippen molar-refractivity contribution in [3.8, 4) is 11.1 Å². The zero-order chi connectivity index (χ0) is 19.4. The van der Waals surface area contributed by atoms with E-state index in [-0.39, 0.29) is 12.1 Å². The molecule has 27 heavy (non-hydrogen) atoms. The number of ether oxygens (including phenoxy) is 1. The Morgan fingerprint density at radius 1 is 1.26 bits per heavy atom. The molecule has 0 N–H and O–H groups in total. The standard InChI is InChI=1S/C20H21ClN2O3S/c1-3-4-5-10-26-16(24)11-23-12-22-19-18(20(23)25)17(13(2)27-19)14-6-8-15(21)9-7-14/h6-9,12H,3-5,10-11H2,1-2H3. The topological polar surface area (TPSA) is 61.2 Å². The van der Waals surface area contributed by atoms with Crippen LogP contribution in [0.2, 0.25) is 5.02 Å². The molecule has 3 aromatic rings. The van der Waals surface area contributed by atoms with E-state index in [1.807, 2.05) is 19.1 Å². The fourth-order valence-corrected chi connectivity index (χ4v) is 4.07. The third kappa shape index (κ3) is 4.39. The summed E-state index contributed by atoms with van der Waals surface area (Å²) in [6, 6.07) is 7.36. The van der Waals surface area contributed by atoms with Crippen molar-refractivity contribution >= 4 is 39.1 Å². The average Bonchev–Trinajstić information content (AvgIpc) is 2.99. The van der Waals surface area contributed by atoms with Crippen LogP contribution < -0.4 is 5.56 Å². The van der Waals surface area contributed by atoms with E-state index in [1.54, 1.807) is 12.1 Å². The minimum atomic E-state index is -0.422. The van der Waals surface area contributed by atoms with Crippen LogP contribution in [0.5, 0.6) is 0 Å². The molecule has 0 saturated carbocycles. The van der Waals surface area contributed by atoms with Crippen LogP contribution in [-0.4, -0.2) is 22.1 Å². The van der Waals surface area contributed by atoms with Gasteiger partial charge in [-0.25, -0.2) is 4.98 Å². The first-order valence-corrected chi connectivity index (χ1v) is 10.1. The summed E-state index contributed by atoms with van der Waals surface area (Å²) < 4.78 is 6.53. The summed E-state index contributed by atoms with van der Waals surface area (Å²) in [5.41, 5.74) is 1.51. The van der Waals surface area contributed by atoms with E-state index in [0.717, 1.165) is 35.3 Å². The molecule has 1 aromatic carbocycles. The van der Waals surface area contributed by atoms with Gasteiger partial charge in [0, 0.05) is 15.5 Å². The number of unbranched alkanes of at least 4 members (excludes halogenated alkanes) is 2. The molecule has 0 unspecified atom stereocenters. The van der Waals surface area contributed by atoms with Crippen LogP contribution in [0.25, 0.3) is 21.3 Å². The van der Waals surface area contributed by atoms with Gasteiger partial charge in [-0.05, 0) is 31.0 Å². The molecule has 3 rings (SSSR count). The maximum absolute atomic E-state index is 13.0. The van der Waals surface area contributed by atoms with Crippen molar-refractivity contribution in [2.24, 2.45) is 0 Å². The molecule has 7 heteroatoms.